The van der Waals surface area contributed by atoms with Gasteiger partial charge < -0.3 is 5.11 Å². The number of benzene rings is 1. The third-order valence-corrected chi connectivity index (χ3v) is 3.04. The van der Waals surface area contributed by atoms with E-state index in [9.17, 15) is 5.11 Å². The van der Waals surface area contributed by atoms with Crippen LogP contribution in [0.25, 0.3) is 0 Å². The molecule has 1 aromatic rings. The van der Waals surface area contributed by atoms with Gasteiger partial charge in [-0.05, 0) is 18.6 Å². The fourth-order valence-electron chi connectivity index (χ4n) is 0.907. The molecule has 0 spiro atoms. The van der Waals surface area contributed by atoms with Crippen LogP contribution >= 0.6 is 23.4 Å². The zero-order chi connectivity index (χ0) is 9.52. The Bertz CT molecular complexity index is 228. The first-order chi connectivity index (χ1) is 6.33. The standard InChI is InChI=1S/C10H13ClOS/c11-8-9(12)6-7-13-10-4-2-1-3-5-10/h1-5,9,12H,6-8H2. The van der Waals surface area contributed by atoms with Crippen molar-refractivity contribution in [1.82, 2.24) is 0 Å². The highest BCUT2D eigenvalue weighted by Crippen LogP contribution is 2.18. The van der Waals surface area contributed by atoms with Crippen molar-refractivity contribution < 1.29 is 5.11 Å². The second-order valence-corrected chi connectivity index (χ2v) is 4.24. The van der Waals surface area contributed by atoms with Gasteiger partial charge in [0.15, 0.2) is 0 Å². The molecule has 0 radical (unpaired) electrons. The Labute approximate surface area is 88.1 Å². The third kappa shape index (κ3) is 4.55. The first-order valence-corrected chi connectivity index (χ1v) is 5.77. The van der Waals surface area contributed by atoms with E-state index in [1.54, 1.807) is 11.8 Å². The van der Waals surface area contributed by atoms with E-state index in [0.717, 1.165) is 12.2 Å². The average molecular weight is 217 g/mol. The van der Waals surface area contributed by atoms with E-state index in [-0.39, 0.29) is 6.10 Å². The van der Waals surface area contributed by atoms with Crippen LogP contribution in [0.15, 0.2) is 35.2 Å². The van der Waals surface area contributed by atoms with Crippen LogP contribution in [0, 0.1) is 0 Å². The first-order valence-electron chi connectivity index (χ1n) is 4.25. The zero-order valence-electron chi connectivity index (χ0n) is 7.32. The SMILES string of the molecule is OC(CCl)CCSc1ccccc1. The van der Waals surface area contributed by atoms with Gasteiger partial charge in [0.1, 0.15) is 0 Å². The number of aliphatic hydroxyl groups excluding tert-OH is 1. The number of aliphatic hydroxyl groups is 1. The highest BCUT2D eigenvalue weighted by Gasteiger charge is 2.01. The summed E-state index contributed by atoms with van der Waals surface area (Å²) >= 11 is 7.22. The Kier molecular flexibility index (Phi) is 5.28. The predicted molar refractivity (Wildman–Crippen MR) is 58.5 cm³/mol. The van der Waals surface area contributed by atoms with Gasteiger partial charge in [-0.2, -0.15) is 0 Å². The van der Waals surface area contributed by atoms with Gasteiger partial charge in [-0.25, -0.2) is 0 Å². The van der Waals surface area contributed by atoms with E-state index in [2.05, 4.69) is 12.1 Å². The van der Waals surface area contributed by atoms with Crippen molar-refractivity contribution in [2.45, 2.75) is 17.4 Å². The molecule has 1 atom stereocenters. The van der Waals surface area contributed by atoms with Crippen LogP contribution in [0.3, 0.4) is 0 Å². The maximum absolute atomic E-state index is 9.19. The van der Waals surface area contributed by atoms with Crippen molar-refractivity contribution in [2.24, 2.45) is 0 Å². The monoisotopic (exact) mass is 216 g/mol. The van der Waals surface area contributed by atoms with Crippen LogP contribution in [0.1, 0.15) is 6.42 Å². The quantitative estimate of drug-likeness (QED) is 0.604. The summed E-state index contributed by atoms with van der Waals surface area (Å²) in [7, 11) is 0. The maximum Gasteiger partial charge on any atom is 0.0683 e. The number of thioether (sulfide) groups is 1. The molecule has 0 saturated heterocycles. The Morgan fingerprint density at radius 2 is 2.00 bits per heavy atom. The Morgan fingerprint density at radius 3 is 2.62 bits per heavy atom. The van der Waals surface area contributed by atoms with Crippen LogP contribution in [0.2, 0.25) is 0 Å². The largest absolute Gasteiger partial charge is 0.392 e. The average Bonchev–Trinajstić information content (AvgIpc) is 2.19. The second-order valence-electron chi connectivity index (χ2n) is 2.76. The fraction of sp³-hybridized carbons (Fsp3) is 0.400. The molecule has 0 saturated carbocycles. The summed E-state index contributed by atoms with van der Waals surface area (Å²) in [5, 5.41) is 9.19. The Balaban J connectivity index is 2.20. The zero-order valence-corrected chi connectivity index (χ0v) is 8.89. The topological polar surface area (TPSA) is 20.2 Å². The lowest BCUT2D eigenvalue weighted by Gasteiger charge is -2.05. The number of hydrogen-bond donors (Lipinski definition) is 1. The third-order valence-electron chi connectivity index (χ3n) is 1.64. The Morgan fingerprint density at radius 1 is 1.31 bits per heavy atom. The smallest absolute Gasteiger partial charge is 0.0683 e. The van der Waals surface area contributed by atoms with E-state index in [0.29, 0.717) is 5.88 Å². The van der Waals surface area contributed by atoms with Crippen LogP contribution < -0.4 is 0 Å². The van der Waals surface area contributed by atoms with Crippen molar-refractivity contribution in [1.29, 1.82) is 0 Å². The molecule has 0 fully saturated rings. The van der Waals surface area contributed by atoms with Gasteiger partial charge in [0.25, 0.3) is 0 Å². The molecule has 1 rings (SSSR count). The molecule has 0 aliphatic rings. The molecule has 1 N–H and O–H groups in total. The minimum atomic E-state index is -0.363. The van der Waals surface area contributed by atoms with Crippen molar-refractivity contribution in [3.05, 3.63) is 30.3 Å². The summed E-state index contributed by atoms with van der Waals surface area (Å²) in [6, 6.07) is 10.2. The van der Waals surface area contributed by atoms with Gasteiger partial charge in [-0.3, -0.25) is 0 Å². The first kappa shape index (κ1) is 10.9. The van der Waals surface area contributed by atoms with Crippen molar-refractivity contribution >= 4 is 23.4 Å². The molecule has 0 aromatic heterocycles. The highest BCUT2D eigenvalue weighted by atomic mass is 35.5. The number of rotatable bonds is 5. The molecule has 1 aromatic carbocycles. The molecule has 1 nitrogen and oxygen atoms in total. The summed E-state index contributed by atoms with van der Waals surface area (Å²) in [5.41, 5.74) is 0. The van der Waals surface area contributed by atoms with Gasteiger partial charge in [0, 0.05) is 16.5 Å². The lowest BCUT2D eigenvalue weighted by Crippen LogP contribution is -2.08. The molecule has 3 heteroatoms. The fourth-order valence-corrected chi connectivity index (χ4v) is 2.04. The van der Waals surface area contributed by atoms with Crippen LogP contribution in [0.5, 0.6) is 0 Å². The summed E-state index contributed by atoms with van der Waals surface area (Å²) in [5.74, 6) is 1.24. The van der Waals surface area contributed by atoms with E-state index < -0.39 is 0 Å². The van der Waals surface area contributed by atoms with Crippen LogP contribution in [-0.4, -0.2) is 22.8 Å². The molecular weight excluding hydrogens is 204 g/mol. The minimum absolute atomic E-state index is 0.329. The van der Waals surface area contributed by atoms with Crippen LogP contribution in [-0.2, 0) is 0 Å². The number of alkyl halides is 1. The molecule has 72 valence electrons. The van der Waals surface area contributed by atoms with Crippen molar-refractivity contribution in [3.63, 3.8) is 0 Å². The lowest BCUT2D eigenvalue weighted by molar-refractivity contribution is 0.195. The number of hydrogen-bond acceptors (Lipinski definition) is 2. The summed E-state index contributed by atoms with van der Waals surface area (Å²) in [6.45, 7) is 0. The van der Waals surface area contributed by atoms with Crippen LogP contribution in [0.4, 0.5) is 0 Å². The molecule has 0 aliphatic heterocycles. The normalized spacial score (nSPS) is 12.8. The number of halogens is 1. The van der Waals surface area contributed by atoms with Gasteiger partial charge in [0.05, 0.1) is 6.10 Å². The lowest BCUT2D eigenvalue weighted by atomic mass is 10.3. The summed E-state index contributed by atoms with van der Waals surface area (Å²) in [4.78, 5) is 1.24. The van der Waals surface area contributed by atoms with Gasteiger partial charge in [0.2, 0.25) is 0 Å². The Hall–Kier alpha value is -0.180. The second kappa shape index (κ2) is 6.30. The molecule has 13 heavy (non-hydrogen) atoms. The van der Waals surface area contributed by atoms with Crippen molar-refractivity contribution in [2.75, 3.05) is 11.6 Å². The maximum atomic E-state index is 9.19. The summed E-state index contributed by atoms with van der Waals surface area (Å²) in [6.07, 6.45) is 0.390. The molecule has 0 heterocycles. The van der Waals surface area contributed by atoms with Gasteiger partial charge >= 0.3 is 0 Å². The molecule has 0 bridgehead atoms. The van der Waals surface area contributed by atoms with Gasteiger partial charge in [-0.15, -0.1) is 23.4 Å². The summed E-state index contributed by atoms with van der Waals surface area (Å²) < 4.78 is 0. The van der Waals surface area contributed by atoms with Gasteiger partial charge in [-0.1, -0.05) is 18.2 Å². The minimum Gasteiger partial charge on any atom is -0.392 e. The molecule has 1 unspecified atom stereocenters. The van der Waals surface area contributed by atoms with E-state index in [1.165, 1.54) is 4.90 Å². The van der Waals surface area contributed by atoms with E-state index in [4.69, 9.17) is 11.6 Å². The predicted octanol–water partition coefficient (Wildman–Crippen LogP) is 2.77. The molecule has 0 amide bonds. The molecular formula is C10H13ClOS. The van der Waals surface area contributed by atoms with E-state index in [1.807, 2.05) is 18.2 Å². The molecule has 0 aliphatic carbocycles. The van der Waals surface area contributed by atoms with E-state index >= 15 is 0 Å². The highest BCUT2D eigenvalue weighted by molar-refractivity contribution is 7.99. The van der Waals surface area contributed by atoms with Crippen molar-refractivity contribution in [3.8, 4) is 0 Å².